The van der Waals surface area contributed by atoms with Crippen molar-refractivity contribution in [1.29, 1.82) is 0 Å². The van der Waals surface area contributed by atoms with Gasteiger partial charge in [0.2, 0.25) is 0 Å². The Kier molecular flexibility index (Phi) is 5.30. The van der Waals surface area contributed by atoms with Gasteiger partial charge in [-0.15, -0.1) is 0 Å². The normalized spacial score (nSPS) is 15.3. The minimum absolute atomic E-state index is 0.0413. The summed E-state index contributed by atoms with van der Waals surface area (Å²) in [6.45, 7) is 2.92. The van der Waals surface area contributed by atoms with Gasteiger partial charge in [0.25, 0.3) is 11.8 Å². The molecule has 7 heteroatoms. The van der Waals surface area contributed by atoms with Crippen molar-refractivity contribution in [1.82, 2.24) is 4.90 Å². The molecule has 0 saturated heterocycles. The van der Waals surface area contributed by atoms with Gasteiger partial charge in [-0.05, 0) is 42.3 Å². The maximum Gasteiger partial charge on any atom is 0.278 e. The van der Waals surface area contributed by atoms with Gasteiger partial charge in [-0.3, -0.25) is 14.5 Å². The Morgan fingerprint density at radius 2 is 1.58 bits per heavy atom. The first kappa shape index (κ1) is 20.8. The Morgan fingerprint density at radius 1 is 0.879 bits per heavy atom. The van der Waals surface area contributed by atoms with Gasteiger partial charge >= 0.3 is 0 Å². The molecule has 166 valence electrons. The number of ether oxygens (including phenoxy) is 2. The van der Waals surface area contributed by atoms with Gasteiger partial charge in [0.05, 0.1) is 12.1 Å². The molecule has 0 aromatic heterocycles. The number of halogens is 1. The van der Waals surface area contributed by atoms with Crippen molar-refractivity contribution in [2.24, 2.45) is 0 Å². The zero-order valence-electron chi connectivity index (χ0n) is 17.9. The summed E-state index contributed by atoms with van der Waals surface area (Å²) >= 11 is 0. The van der Waals surface area contributed by atoms with E-state index in [0.717, 1.165) is 5.56 Å². The van der Waals surface area contributed by atoms with Crippen molar-refractivity contribution in [3.8, 4) is 11.5 Å². The van der Waals surface area contributed by atoms with Gasteiger partial charge in [-0.25, -0.2) is 4.39 Å². The number of nitrogens with zero attached hydrogens (tertiary/aromatic N) is 1. The SMILES string of the molecule is Cc1ccc(C2=C(Nc3ccc4c(c3)OCCO4)C(=O)N(Cc3ccc(F)cc3)C2=O)cc1. The first-order valence-corrected chi connectivity index (χ1v) is 10.6. The molecule has 2 aliphatic heterocycles. The van der Waals surface area contributed by atoms with Gasteiger partial charge in [0.15, 0.2) is 11.5 Å². The molecule has 3 aromatic carbocycles. The highest BCUT2D eigenvalue weighted by Gasteiger charge is 2.39. The van der Waals surface area contributed by atoms with Crippen LogP contribution in [0.2, 0.25) is 0 Å². The third-order valence-electron chi connectivity index (χ3n) is 5.57. The second kappa shape index (κ2) is 8.43. The van der Waals surface area contributed by atoms with Crippen LogP contribution in [0.5, 0.6) is 11.5 Å². The number of fused-ring (bicyclic) bond motifs is 1. The van der Waals surface area contributed by atoms with Gasteiger partial charge < -0.3 is 14.8 Å². The quantitative estimate of drug-likeness (QED) is 0.595. The largest absolute Gasteiger partial charge is 0.486 e. The molecule has 1 N–H and O–H groups in total. The molecule has 2 heterocycles. The summed E-state index contributed by atoms with van der Waals surface area (Å²) in [5.74, 6) is -0.0322. The number of carbonyl (C=O) groups excluding carboxylic acids is 2. The number of carbonyl (C=O) groups is 2. The Hall–Kier alpha value is -4.13. The van der Waals surface area contributed by atoms with E-state index >= 15 is 0 Å². The lowest BCUT2D eigenvalue weighted by Crippen LogP contribution is -2.32. The highest BCUT2D eigenvalue weighted by atomic mass is 19.1. The van der Waals surface area contributed by atoms with Crippen LogP contribution in [0, 0.1) is 12.7 Å². The number of hydrogen-bond acceptors (Lipinski definition) is 5. The molecule has 2 amide bonds. The number of nitrogens with one attached hydrogen (secondary N) is 1. The fourth-order valence-corrected chi connectivity index (χ4v) is 3.86. The summed E-state index contributed by atoms with van der Waals surface area (Å²) in [7, 11) is 0. The van der Waals surface area contributed by atoms with Crippen LogP contribution in [0.1, 0.15) is 16.7 Å². The van der Waals surface area contributed by atoms with Crippen molar-refractivity contribution in [2.45, 2.75) is 13.5 Å². The molecule has 3 aromatic rings. The third-order valence-corrected chi connectivity index (χ3v) is 5.57. The van der Waals surface area contributed by atoms with E-state index in [9.17, 15) is 14.0 Å². The molecule has 0 spiro atoms. The van der Waals surface area contributed by atoms with E-state index in [0.29, 0.717) is 41.5 Å². The fourth-order valence-electron chi connectivity index (χ4n) is 3.86. The number of hydrogen-bond donors (Lipinski definition) is 1. The Balaban J connectivity index is 1.51. The van der Waals surface area contributed by atoms with Crippen LogP contribution in [0.25, 0.3) is 5.57 Å². The van der Waals surface area contributed by atoms with Crippen LogP contribution in [0.3, 0.4) is 0 Å². The van der Waals surface area contributed by atoms with Crippen LogP contribution in [0.15, 0.2) is 72.4 Å². The van der Waals surface area contributed by atoms with Gasteiger partial charge in [0, 0.05) is 11.8 Å². The van der Waals surface area contributed by atoms with Crippen LogP contribution >= 0.6 is 0 Å². The highest BCUT2D eigenvalue weighted by molar-refractivity contribution is 6.36. The van der Waals surface area contributed by atoms with E-state index in [2.05, 4.69) is 5.32 Å². The van der Waals surface area contributed by atoms with E-state index in [-0.39, 0.29) is 23.6 Å². The second-order valence-corrected chi connectivity index (χ2v) is 7.92. The second-order valence-electron chi connectivity index (χ2n) is 7.92. The molecule has 5 rings (SSSR count). The Labute approximate surface area is 190 Å². The van der Waals surface area contributed by atoms with Crippen LogP contribution in [-0.2, 0) is 16.1 Å². The molecular formula is C26H21FN2O4. The zero-order chi connectivity index (χ0) is 22.9. The number of imide groups is 1. The summed E-state index contributed by atoms with van der Waals surface area (Å²) in [5.41, 5.74) is 3.41. The number of anilines is 1. The molecule has 0 aliphatic carbocycles. The molecule has 2 aliphatic rings. The van der Waals surface area contributed by atoms with E-state index in [1.54, 1.807) is 30.3 Å². The van der Waals surface area contributed by atoms with Gasteiger partial charge in [-0.2, -0.15) is 0 Å². The van der Waals surface area contributed by atoms with Crippen molar-refractivity contribution in [2.75, 3.05) is 18.5 Å². The monoisotopic (exact) mass is 444 g/mol. The van der Waals surface area contributed by atoms with Crippen LogP contribution in [-0.4, -0.2) is 29.9 Å². The molecule has 0 radical (unpaired) electrons. The molecule has 0 atom stereocenters. The maximum absolute atomic E-state index is 13.4. The minimum Gasteiger partial charge on any atom is -0.486 e. The molecule has 0 fully saturated rings. The standard InChI is InChI=1S/C26H21FN2O4/c1-16-2-6-18(7-3-16)23-24(28-20-10-11-21-22(14-20)33-13-12-32-21)26(31)29(25(23)30)15-17-4-8-19(27)9-5-17/h2-11,14,28H,12-13,15H2,1H3. The summed E-state index contributed by atoms with van der Waals surface area (Å²) in [4.78, 5) is 27.9. The Bertz CT molecular complexity index is 1270. The lowest BCUT2D eigenvalue weighted by Gasteiger charge is -2.19. The first-order valence-electron chi connectivity index (χ1n) is 10.6. The summed E-state index contributed by atoms with van der Waals surface area (Å²) < 4.78 is 24.5. The summed E-state index contributed by atoms with van der Waals surface area (Å²) in [6, 6.07) is 18.5. The predicted octanol–water partition coefficient (Wildman–Crippen LogP) is 4.30. The topological polar surface area (TPSA) is 67.9 Å². The molecule has 0 unspecified atom stereocenters. The van der Waals surface area contributed by atoms with Gasteiger partial charge in [0.1, 0.15) is 24.7 Å². The molecule has 0 bridgehead atoms. The first-order chi connectivity index (χ1) is 16.0. The molecular weight excluding hydrogens is 423 g/mol. The summed E-state index contributed by atoms with van der Waals surface area (Å²) in [6.07, 6.45) is 0. The number of rotatable bonds is 5. The molecule has 33 heavy (non-hydrogen) atoms. The lowest BCUT2D eigenvalue weighted by molar-refractivity contribution is -0.137. The Morgan fingerprint density at radius 3 is 2.30 bits per heavy atom. The summed E-state index contributed by atoms with van der Waals surface area (Å²) in [5, 5.41) is 3.13. The number of benzene rings is 3. The zero-order valence-corrected chi connectivity index (χ0v) is 17.9. The van der Waals surface area contributed by atoms with Crippen molar-refractivity contribution < 1.29 is 23.5 Å². The average Bonchev–Trinajstić information content (AvgIpc) is 3.05. The van der Waals surface area contributed by atoms with Crippen molar-refractivity contribution in [3.05, 3.63) is 94.9 Å². The number of aryl methyl sites for hydroxylation is 1. The third kappa shape index (κ3) is 4.05. The predicted molar refractivity (Wildman–Crippen MR) is 121 cm³/mol. The van der Waals surface area contributed by atoms with Gasteiger partial charge in [-0.1, -0.05) is 42.0 Å². The minimum atomic E-state index is -0.449. The van der Waals surface area contributed by atoms with E-state index in [1.807, 2.05) is 31.2 Å². The van der Waals surface area contributed by atoms with Crippen LogP contribution in [0.4, 0.5) is 10.1 Å². The smallest absolute Gasteiger partial charge is 0.278 e. The maximum atomic E-state index is 13.4. The van der Waals surface area contributed by atoms with E-state index in [4.69, 9.17) is 9.47 Å². The fraction of sp³-hybridized carbons (Fsp3) is 0.154. The van der Waals surface area contributed by atoms with Crippen molar-refractivity contribution >= 4 is 23.1 Å². The lowest BCUT2D eigenvalue weighted by atomic mass is 10.0. The number of amides is 2. The highest BCUT2D eigenvalue weighted by Crippen LogP contribution is 2.36. The van der Waals surface area contributed by atoms with Crippen molar-refractivity contribution in [3.63, 3.8) is 0 Å². The average molecular weight is 444 g/mol. The molecule has 6 nitrogen and oxygen atoms in total. The van der Waals surface area contributed by atoms with Crippen LogP contribution < -0.4 is 14.8 Å². The van der Waals surface area contributed by atoms with E-state index < -0.39 is 11.8 Å². The molecule has 0 saturated carbocycles. The van der Waals surface area contributed by atoms with E-state index in [1.165, 1.54) is 17.0 Å².